The highest BCUT2D eigenvalue weighted by molar-refractivity contribution is 5.87. The maximum absolute atomic E-state index is 12.3. The molecule has 0 aromatic rings. The first-order valence-electron chi connectivity index (χ1n) is 13.5. The monoisotopic (exact) mass is 533 g/mol. The van der Waals surface area contributed by atoms with E-state index < -0.39 is 17.9 Å². The van der Waals surface area contributed by atoms with Crippen LogP contribution in [0.3, 0.4) is 0 Å². The predicted molar refractivity (Wildman–Crippen MR) is 141 cm³/mol. The molecule has 212 valence electrons. The first-order valence-corrected chi connectivity index (χ1v) is 13.5. The molecular weight excluding hydrogens is 490 g/mol. The molecule has 8 atom stereocenters. The quantitative estimate of drug-likeness (QED) is 0.190. The van der Waals surface area contributed by atoms with Crippen molar-refractivity contribution in [2.24, 2.45) is 5.92 Å². The minimum atomic E-state index is -1.49. The van der Waals surface area contributed by atoms with Gasteiger partial charge >= 0.3 is 5.97 Å². The summed E-state index contributed by atoms with van der Waals surface area (Å²) in [6, 6.07) is -0.110. The maximum atomic E-state index is 12.3. The largest absolute Gasteiger partial charge is 0.459 e. The van der Waals surface area contributed by atoms with Crippen molar-refractivity contribution in [3.63, 3.8) is 0 Å². The molecule has 3 fully saturated rings. The number of hydrogen-bond acceptors (Lipinski definition) is 8. The number of ether oxygens (including phenoxy) is 4. The zero-order valence-electron chi connectivity index (χ0n) is 23.4. The van der Waals surface area contributed by atoms with Gasteiger partial charge in [0.05, 0.1) is 43.0 Å². The number of rotatable bonds is 10. The Kier molecular flexibility index (Phi) is 10.1. The number of aliphatic hydroxyl groups is 1. The highest BCUT2D eigenvalue weighted by Gasteiger charge is 2.56. The molecule has 1 amide bonds. The van der Waals surface area contributed by atoms with Crippen LogP contribution in [0.4, 0.5) is 0 Å². The number of Topliss-reactive ketones (excluding diaryl/α,β-unsaturated/α-hetero) is 1. The summed E-state index contributed by atoms with van der Waals surface area (Å²) in [4.78, 5) is 34.9. The van der Waals surface area contributed by atoms with E-state index in [-0.39, 0.29) is 54.0 Å². The number of epoxide rings is 1. The number of allylic oxidation sites excluding steroid dienone is 2. The molecular formula is C29H43NO8. The molecule has 0 aromatic heterocycles. The first-order chi connectivity index (χ1) is 17.8. The van der Waals surface area contributed by atoms with Crippen molar-refractivity contribution < 1.29 is 38.4 Å². The van der Waals surface area contributed by atoms with Gasteiger partial charge in [0.2, 0.25) is 5.91 Å². The second-order valence-corrected chi connectivity index (χ2v) is 11.3. The summed E-state index contributed by atoms with van der Waals surface area (Å²) in [7, 11) is 0. The Bertz CT molecular complexity index is 968. The Labute approximate surface area is 225 Å². The molecule has 3 aliphatic heterocycles. The SMILES string of the molecule is CC(=O)CC1(O)C[C@@]2(CO2)C[C@@H](/C=C/C(C)=C/C[C@@H]2O[C@H](C)[C@H](NC(=O)/C=C\[C@H](C)OC(C)=O)C[C@@H]2C)O1. The molecule has 3 heterocycles. The predicted octanol–water partition coefficient (Wildman–Crippen LogP) is 3.30. The van der Waals surface area contributed by atoms with Gasteiger partial charge in [-0.05, 0) is 52.5 Å². The lowest BCUT2D eigenvalue weighted by Gasteiger charge is -2.39. The Balaban J connectivity index is 1.49. The van der Waals surface area contributed by atoms with Gasteiger partial charge in [0.15, 0.2) is 5.79 Å². The summed E-state index contributed by atoms with van der Waals surface area (Å²) in [5.41, 5.74) is 0.657. The van der Waals surface area contributed by atoms with Crippen LogP contribution in [0.2, 0.25) is 0 Å². The zero-order chi connectivity index (χ0) is 28.1. The van der Waals surface area contributed by atoms with Crippen molar-refractivity contribution in [2.75, 3.05) is 6.61 Å². The van der Waals surface area contributed by atoms with Crippen molar-refractivity contribution in [3.05, 3.63) is 36.0 Å². The van der Waals surface area contributed by atoms with E-state index in [1.54, 1.807) is 13.0 Å². The van der Waals surface area contributed by atoms with Crippen molar-refractivity contribution in [3.8, 4) is 0 Å². The first kappa shape index (κ1) is 30.2. The molecule has 2 N–H and O–H groups in total. The van der Waals surface area contributed by atoms with Crippen LogP contribution < -0.4 is 5.32 Å². The van der Waals surface area contributed by atoms with Crippen molar-refractivity contribution in [1.29, 1.82) is 0 Å². The van der Waals surface area contributed by atoms with E-state index in [1.807, 2.05) is 26.0 Å². The number of hydrogen-bond donors (Lipinski definition) is 2. The molecule has 3 rings (SSSR count). The lowest BCUT2D eigenvalue weighted by Crippen LogP contribution is -2.50. The second kappa shape index (κ2) is 12.7. The molecule has 0 aromatic carbocycles. The van der Waals surface area contributed by atoms with Crippen LogP contribution in [0, 0.1) is 5.92 Å². The minimum Gasteiger partial charge on any atom is -0.459 e. The van der Waals surface area contributed by atoms with Gasteiger partial charge in [-0.1, -0.05) is 30.7 Å². The zero-order valence-corrected chi connectivity index (χ0v) is 23.4. The van der Waals surface area contributed by atoms with Crippen molar-refractivity contribution in [2.45, 2.75) is 115 Å². The normalized spacial score (nSPS) is 36.4. The fourth-order valence-electron chi connectivity index (χ4n) is 5.33. The van der Waals surface area contributed by atoms with Crippen molar-refractivity contribution in [1.82, 2.24) is 5.32 Å². The summed E-state index contributed by atoms with van der Waals surface area (Å²) < 4.78 is 22.7. The second-order valence-electron chi connectivity index (χ2n) is 11.3. The average molecular weight is 534 g/mol. The molecule has 0 saturated carbocycles. The molecule has 38 heavy (non-hydrogen) atoms. The number of ketones is 1. The fraction of sp³-hybridized carbons (Fsp3) is 0.690. The Morgan fingerprint density at radius 3 is 2.53 bits per heavy atom. The van der Waals surface area contributed by atoms with Crippen LogP contribution >= 0.6 is 0 Å². The van der Waals surface area contributed by atoms with Crippen LogP contribution in [0.1, 0.15) is 73.6 Å². The fourth-order valence-corrected chi connectivity index (χ4v) is 5.33. The minimum absolute atomic E-state index is 0.0238. The Hall–Kier alpha value is -2.33. The van der Waals surface area contributed by atoms with Crippen molar-refractivity contribution >= 4 is 17.7 Å². The van der Waals surface area contributed by atoms with Gasteiger partial charge < -0.3 is 29.4 Å². The van der Waals surface area contributed by atoms with E-state index in [9.17, 15) is 19.5 Å². The smallest absolute Gasteiger partial charge is 0.303 e. The van der Waals surface area contributed by atoms with E-state index in [0.717, 1.165) is 18.4 Å². The van der Waals surface area contributed by atoms with Crippen LogP contribution in [0.5, 0.6) is 0 Å². The van der Waals surface area contributed by atoms with E-state index in [4.69, 9.17) is 18.9 Å². The summed E-state index contributed by atoms with van der Waals surface area (Å²) in [6.45, 7) is 11.1. The number of carbonyl (C=O) groups is 3. The van der Waals surface area contributed by atoms with Gasteiger partial charge in [-0.25, -0.2) is 0 Å². The Morgan fingerprint density at radius 1 is 1.18 bits per heavy atom. The summed E-state index contributed by atoms with van der Waals surface area (Å²) in [5.74, 6) is -2.00. The standard InChI is InChI=1S/C29H43NO8/c1-18(7-10-24-15-28(17-35-28)16-29(34,38-24)14-20(3)31)8-11-26-19(2)13-25(22(5)37-26)30-27(33)12-9-21(4)36-23(6)32/h7-10,12,19,21-22,24-26,34H,11,13-17H2,1-6H3,(H,30,33)/b10-7+,12-9-,18-8+/t19-,21-,22+,24+,25+,26-,28+,29?/m0/s1. The third-order valence-electron chi connectivity index (χ3n) is 7.28. The summed E-state index contributed by atoms with van der Waals surface area (Å²) in [6.07, 6.45) is 10.5. The number of esters is 1. The molecule has 9 nitrogen and oxygen atoms in total. The third kappa shape index (κ3) is 9.15. The van der Waals surface area contributed by atoms with Gasteiger partial charge in [0, 0.05) is 25.8 Å². The number of nitrogens with one attached hydrogen (secondary N) is 1. The van der Waals surface area contributed by atoms with Crippen LogP contribution in [-0.2, 0) is 33.3 Å². The molecule has 0 radical (unpaired) electrons. The highest BCUT2D eigenvalue weighted by Crippen LogP contribution is 2.46. The van der Waals surface area contributed by atoms with E-state index in [1.165, 1.54) is 19.9 Å². The lowest BCUT2D eigenvalue weighted by molar-refractivity contribution is -0.256. The van der Waals surface area contributed by atoms with Crippen LogP contribution in [0.25, 0.3) is 0 Å². The van der Waals surface area contributed by atoms with Gasteiger partial charge in [-0.2, -0.15) is 0 Å². The summed E-state index contributed by atoms with van der Waals surface area (Å²) >= 11 is 0. The number of carbonyl (C=O) groups excluding carboxylic acids is 3. The molecule has 9 heteroatoms. The van der Waals surface area contributed by atoms with Gasteiger partial charge in [-0.3, -0.25) is 14.4 Å². The maximum Gasteiger partial charge on any atom is 0.303 e. The number of amides is 1. The molecule has 3 saturated heterocycles. The van der Waals surface area contributed by atoms with Crippen LogP contribution in [-0.4, -0.2) is 71.2 Å². The summed E-state index contributed by atoms with van der Waals surface area (Å²) in [5, 5.41) is 13.8. The lowest BCUT2D eigenvalue weighted by atomic mass is 9.87. The topological polar surface area (TPSA) is 124 Å². The van der Waals surface area contributed by atoms with Gasteiger partial charge in [0.25, 0.3) is 0 Å². The molecule has 1 spiro atoms. The Morgan fingerprint density at radius 2 is 1.89 bits per heavy atom. The molecule has 3 aliphatic rings. The molecule has 0 aliphatic carbocycles. The third-order valence-corrected chi connectivity index (χ3v) is 7.28. The van der Waals surface area contributed by atoms with E-state index in [2.05, 4.69) is 18.3 Å². The highest BCUT2D eigenvalue weighted by atomic mass is 16.7. The van der Waals surface area contributed by atoms with E-state index >= 15 is 0 Å². The van der Waals surface area contributed by atoms with E-state index in [0.29, 0.717) is 19.4 Å². The molecule has 0 bridgehead atoms. The van der Waals surface area contributed by atoms with Gasteiger partial charge in [-0.15, -0.1) is 0 Å². The van der Waals surface area contributed by atoms with Gasteiger partial charge in [0.1, 0.15) is 11.9 Å². The molecule has 1 unspecified atom stereocenters. The van der Waals surface area contributed by atoms with Crippen LogP contribution in [0.15, 0.2) is 36.0 Å². The average Bonchev–Trinajstić information content (AvgIpc) is 3.53.